The molecule has 18 heavy (non-hydrogen) atoms. The molecule has 1 aromatic heterocycles. The van der Waals surface area contributed by atoms with E-state index in [4.69, 9.17) is 9.84 Å². The lowest BCUT2D eigenvalue weighted by Crippen LogP contribution is -2.26. The Morgan fingerprint density at radius 1 is 1.56 bits per heavy atom. The van der Waals surface area contributed by atoms with E-state index < -0.39 is 4.92 Å². The number of nitro groups is 1. The molecule has 0 aliphatic heterocycles. The van der Waals surface area contributed by atoms with E-state index in [1.807, 2.05) is 6.92 Å². The zero-order chi connectivity index (χ0) is 13.5. The summed E-state index contributed by atoms with van der Waals surface area (Å²) in [5.74, 6) is 0.148. The number of rotatable bonds is 7. The zero-order valence-corrected chi connectivity index (χ0v) is 10.4. The molecular weight excluding hydrogens is 240 g/mol. The normalized spacial score (nSPS) is 10.2. The summed E-state index contributed by atoms with van der Waals surface area (Å²) < 4.78 is 4.88. The Kier molecular flexibility index (Phi) is 5.25. The van der Waals surface area contributed by atoms with E-state index >= 15 is 0 Å². The highest BCUT2D eigenvalue weighted by molar-refractivity contribution is 5.62. The highest BCUT2D eigenvalue weighted by atomic mass is 16.6. The maximum atomic E-state index is 11.1. The highest BCUT2D eigenvalue weighted by Crippen LogP contribution is 2.32. The monoisotopic (exact) mass is 256 g/mol. The van der Waals surface area contributed by atoms with Crippen molar-refractivity contribution in [2.24, 2.45) is 0 Å². The van der Waals surface area contributed by atoms with Gasteiger partial charge in [0.1, 0.15) is 6.33 Å². The summed E-state index contributed by atoms with van der Waals surface area (Å²) in [6.45, 7) is 2.90. The van der Waals surface area contributed by atoms with Gasteiger partial charge in [0.15, 0.2) is 0 Å². The van der Waals surface area contributed by atoms with E-state index in [0.717, 1.165) is 0 Å². The molecular formula is C10H16N4O4. The maximum Gasteiger partial charge on any atom is 0.372 e. The molecule has 0 saturated heterocycles. The van der Waals surface area contributed by atoms with Crippen LogP contribution in [0, 0.1) is 10.1 Å². The van der Waals surface area contributed by atoms with Gasteiger partial charge in [0.2, 0.25) is 5.82 Å². The fourth-order valence-corrected chi connectivity index (χ4v) is 1.57. The topological polar surface area (TPSA) is 102 Å². The lowest BCUT2D eigenvalue weighted by Gasteiger charge is -2.21. The smallest absolute Gasteiger partial charge is 0.372 e. The SMILES string of the molecule is CCN(CCCO)c1ncnc(OC)c1[N+](=O)[O-]. The van der Waals surface area contributed by atoms with Gasteiger partial charge in [-0.25, -0.2) is 4.98 Å². The number of anilines is 1. The van der Waals surface area contributed by atoms with Crippen molar-refractivity contribution in [3.63, 3.8) is 0 Å². The highest BCUT2D eigenvalue weighted by Gasteiger charge is 2.26. The molecule has 8 nitrogen and oxygen atoms in total. The Bertz CT molecular complexity index is 413. The van der Waals surface area contributed by atoms with Crippen LogP contribution < -0.4 is 9.64 Å². The van der Waals surface area contributed by atoms with Crippen LogP contribution in [-0.2, 0) is 0 Å². The van der Waals surface area contributed by atoms with Crippen LogP contribution in [0.2, 0.25) is 0 Å². The third-order valence-electron chi connectivity index (χ3n) is 2.41. The number of hydrogen-bond donors (Lipinski definition) is 1. The van der Waals surface area contributed by atoms with Crippen LogP contribution >= 0.6 is 0 Å². The predicted octanol–water partition coefficient (Wildman–Crippen LogP) is 0.602. The Balaban J connectivity index is 3.16. The molecule has 0 unspecified atom stereocenters. The van der Waals surface area contributed by atoms with Crippen LogP contribution in [0.4, 0.5) is 11.5 Å². The standard InChI is InChI=1S/C10H16N4O4/c1-3-13(5-4-6-15)9-8(14(16)17)10(18-2)12-7-11-9/h7,15H,3-6H2,1-2H3. The number of aromatic nitrogens is 2. The van der Waals surface area contributed by atoms with Crippen LogP contribution in [0.25, 0.3) is 0 Å². The van der Waals surface area contributed by atoms with Gasteiger partial charge in [0, 0.05) is 19.7 Å². The fraction of sp³-hybridized carbons (Fsp3) is 0.600. The second-order valence-corrected chi connectivity index (χ2v) is 3.47. The first-order valence-electron chi connectivity index (χ1n) is 5.54. The van der Waals surface area contributed by atoms with Crippen molar-refractivity contribution in [2.75, 3.05) is 31.7 Å². The molecule has 0 atom stereocenters. The number of ether oxygens (including phenoxy) is 1. The molecule has 1 N–H and O–H groups in total. The maximum absolute atomic E-state index is 11.1. The van der Waals surface area contributed by atoms with Crippen LogP contribution in [0.5, 0.6) is 5.88 Å². The Morgan fingerprint density at radius 2 is 2.28 bits per heavy atom. The molecule has 1 aromatic rings. The summed E-state index contributed by atoms with van der Waals surface area (Å²) in [4.78, 5) is 19.9. The molecule has 8 heteroatoms. The van der Waals surface area contributed by atoms with E-state index in [1.54, 1.807) is 4.90 Å². The third-order valence-corrected chi connectivity index (χ3v) is 2.41. The van der Waals surface area contributed by atoms with Gasteiger partial charge in [-0.2, -0.15) is 4.98 Å². The quantitative estimate of drug-likeness (QED) is 0.563. The number of aliphatic hydroxyl groups is 1. The molecule has 0 amide bonds. The summed E-state index contributed by atoms with van der Waals surface area (Å²) >= 11 is 0. The van der Waals surface area contributed by atoms with Crippen LogP contribution in [0.15, 0.2) is 6.33 Å². The van der Waals surface area contributed by atoms with E-state index in [1.165, 1.54) is 13.4 Å². The number of methoxy groups -OCH3 is 1. The molecule has 1 heterocycles. The average molecular weight is 256 g/mol. The minimum atomic E-state index is -0.560. The first kappa shape index (κ1) is 14.1. The van der Waals surface area contributed by atoms with Crippen molar-refractivity contribution in [1.29, 1.82) is 0 Å². The van der Waals surface area contributed by atoms with Crippen molar-refractivity contribution in [1.82, 2.24) is 9.97 Å². The zero-order valence-electron chi connectivity index (χ0n) is 10.4. The second kappa shape index (κ2) is 6.70. The summed E-state index contributed by atoms with van der Waals surface area (Å²) in [7, 11) is 1.32. The Morgan fingerprint density at radius 3 is 2.78 bits per heavy atom. The molecule has 100 valence electrons. The Hall–Kier alpha value is -1.96. The molecule has 0 radical (unpaired) electrons. The lowest BCUT2D eigenvalue weighted by atomic mass is 10.3. The predicted molar refractivity (Wildman–Crippen MR) is 64.8 cm³/mol. The van der Waals surface area contributed by atoms with Gasteiger partial charge in [-0.3, -0.25) is 10.1 Å². The molecule has 0 fully saturated rings. The van der Waals surface area contributed by atoms with Gasteiger partial charge in [0.25, 0.3) is 5.88 Å². The van der Waals surface area contributed by atoms with Crippen LogP contribution in [0.3, 0.4) is 0 Å². The van der Waals surface area contributed by atoms with Crippen molar-refractivity contribution in [3.05, 3.63) is 16.4 Å². The van der Waals surface area contributed by atoms with Gasteiger partial charge >= 0.3 is 5.69 Å². The van der Waals surface area contributed by atoms with E-state index in [2.05, 4.69) is 9.97 Å². The van der Waals surface area contributed by atoms with Gasteiger partial charge in [-0.05, 0) is 13.3 Å². The molecule has 0 saturated carbocycles. The van der Waals surface area contributed by atoms with Crippen LogP contribution in [-0.4, -0.2) is 46.8 Å². The number of aliphatic hydroxyl groups excluding tert-OH is 1. The van der Waals surface area contributed by atoms with E-state index in [0.29, 0.717) is 19.5 Å². The summed E-state index contributed by atoms with van der Waals surface area (Å²) in [6.07, 6.45) is 1.74. The van der Waals surface area contributed by atoms with Gasteiger partial charge in [-0.15, -0.1) is 0 Å². The molecule has 0 aliphatic carbocycles. The van der Waals surface area contributed by atoms with Crippen LogP contribution in [0.1, 0.15) is 13.3 Å². The summed E-state index contributed by atoms with van der Waals surface area (Å²) in [5.41, 5.74) is -0.250. The second-order valence-electron chi connectivity index (χ2n) is 3.47. The van der Waals surface area contributed by atoms with Crippen molar-refractivity contribution >= 4 is 11.5 Å². The first-order valence-corrected chi connectivity index (χ1v) is 5.54. The first-order chi connectivity index (χ1) is 8.65. The van der Waals surface area contributed by atoms with E-state index in [9.17, 15) is 10.1 Å². The van der Waals surface area contributed by atoms with Crippen molar-refractivity contribution in [2.45, 2.75) is 13.3 Å². The third kappa shape index (κ3) is 3.04. The largest absolute Gasteiger partial charge is 0.476 e. The van der Waals surface area contributed by atoms with Crippen molar-refractivity contribution in [3.8, 4) is 5.88 Å². The number of nitrogens with zero attached hydrogens (tertiary/aromatic N) is 4. The summed E-state index contributed by atoms with van der Waals surface area (Å²) in [5, 5.41) is 19.9. The summed E-state index contributed by atoms with van der Waals surface area (Å²) in [6, 6.07) is 0. The van der Waals surface area contributed by atoms with Gasteiger partial charge in [-0.1, -0.05) is 0 Å². The molecule has 0 spiro atoms. The number of hydrogen-bond acceptors (Lipinski definition) is 7. The molecule has 0 aliphatic rings. The van der Waals surface area contributed by atoms with Crippen molar-refractivity contribution < 1.29 is 14.8 Å². The Labute approximate surface area is 104 Å². The average Bonchev–Trinajstić information content (AvgIpc) is 2.38. The minimum Gasteiger partial charge on any atom is -0.476 e. The minimum absolute atomic E-state index is 0.0204. The van der Waals surface area contributed by atoms with Gasteiger partial charge < -0.3 is 14.7 Å². The molecule has 1 rings (SSSR count). The lowest BCUT2D eigenvalue weighted by molar-refractivity contribution is -0.385. The molecule has 0 bridgehead atoms. The van der Waals surface area contributed by atoms with Gasteiger partial charge in [0.05, 0.1) is 12.0 Å². The fourth-order valence-electron chi connectivity index (χ4n) is 1.57. The molecule has 0 aromatic carbocycles. The van der Waals surface area contributed by atoms with E-state index in [-0.39, 0.29) is 24.0 Å².